The van der Waals surface area contributed by atoms with Gasteiger partial charge in [-0.1, -0.05) is 0 Å². The van der Waals surface area contributed by atoms with Gasteiger partial charge < -0.3 is 4.74 Å². The average molecular weight is 281 g/mol. The van der Waals surface area contributed by atoms with Gasteiger partial charge in [0.25, 0.3) is 0 Å². The van der Waals surface area contributed by atoms with Crippen LogP contribution in [0.2, 0.25) is 0 Å². The monoisotopic (exact) mass is 281 g/mol. The Kier molecular flexibility index (Phi) is 3.60. The lowest BCUT2D eigenvalue weighted by molar-refractivity contribution is 0.0728. The Morgan fingerprint density at radius 3 is 2.22 bits per heavy atom. The third-order valence-corrected chi connectivity index (χ3v) is 4.50. The molecule has 1 aliphatic rings. The summed E-state index contributed by atoms with van der Waals surface area (Å²) in [6.07, 6.45) is 0. The third kappa shape index (κ3) is 2.23. The van der Waals surface area contributed by atoms with Crippen molar-refractivity contribution in [1.29, 1.82) is 0 Å². The van der Waals surface area contributed by atoms with Crippen molar-refractivity contribution >= 4 is 10.0 Å². The molecule has 0 atom stereocenters. The van der Waals surface area contributed by atoms with Crippen LogP contribution in [-0.2, 0) is 14.8 Å². The topological polar surface area (TPSA) is 46.6 Å². The van der Waals surface area contributed by atoms with Crippen molar-refractivity contribution in [3.63, 3.8) is 0 Å². The molecule has 2 rings (SSSR count). The Morgan fingerprint density at radius 2 is 1.61 bits per heavy atom. The first kappa shape index (κ1) is 13.3. The van der Waals surface area contributed by atoms with Crippen LogP contribution in [0.25, 0.3) is 0 Å². The van der Waals surface area contributed by atoms with E-state index in [0.717, 1.165) is 4.31 Å². The molecule has 4 nitrogen and oxygen atoms in total. The number of sulfonamides is 1. The minimum absolute atomic E-state index is 0.0161. The molecule has 1 saturated heterocycles. The first-order valence-electron chi connectivity index (χ1n) is 5.16. The molecular weight excluding hydrogens is 271 g/mol. The molecule has 0 amide bonds. The maximum Gasteiger partial charge on any atom is 0.249 e. The maximum atomic E-state index is 13.5. The van der Waals surface area contributed by atoms with E-state index in [0.29, 0.717) is 12.1 Å². The van der Waals surface area contributed by atoms with Crippen molar-refractivity contribution < 1.29 is 26.3 Å². The van der Waals surface area contributed by atoms with Crippen molar-refractivity contribution in [2.24, 2.45) is 0 Å². The average Bonchev–Trinajstić information content (AvgIpc) is 2.35. The van der Waals surface area contributed by atoms with Crippen molar-refractivity contribution in [3.8, 4) is 0 Å². The Morgan fingerprint density at radius 1 is 1.06 bits per heavy atom. The standard InChI is InChI=1S/C10H10F3NO3S/c11-7-1-2-8(12)10(9(7)13)18(15,16)14-3-5-17-6-4-14/h1-2H,3-6H2. The fraction of sp³-hybridized carbons (Fsp3) is 0.400. The fourth-order valence-corrected chi connectivity index (χ4v) is 3.19. The van der Waals surface area contributed by atoms with Crippen LogP contribution in [0, 0.1) is 17.5 Å². The van der Waals surface area contributed by atoms with Gasteiger partial charge in [0.1, 0.15) is 5.82 Å². The molecule has 1 aliphatic heterocycles. The second-order valence-corrected chi connectivity index (χ2v) is 5.56. The maximum absolute atomic E-state index is 13.5. The van der Waals surface area contributed by atoms with E-state index in [2.05, 4.69) is 0 Å². The van der Waals surface area contributed by atoms with Crippen LogP contribution in [0.4, 0.5) is 13.2 Å². The molecular formula is C10H10F3NO3S. The quantitative estimate of drug-likeness (QED) is 0.763. The SMILES string of the molecule is O=S(=O)(c1c(F)ccc(F)c1F)N1CCOCC1. The van der Waals surface area contributed by atoms with Gasteiger partial charge in [0.15, 0.2) is 16.5 Å². The van der Waals surface area contributed by atoms with Gasteiger partial charge >= 0.3 is 0 Å². The molecule has 0 bridgehead atoms. The summed E-state index contributed by atoms with van der Waals surface area (Å²) >= 11 is 0. The minimum atomic E-state index is -4.38. The van der Waals surface area contributed by atoms with Gasteiger partial charge in [-0.15, -0.1) is 0 Å². The number of nitrogens with zero attached hydrogens (tertiary/aromatic N) is 1. The first-order valence-corrected chi connectivity index (χ1v) is 6.60. The van der Waals surface area contributed by atoms with Gasteiger partial charge in [-0.2, -0.15) is 4.31 Å². The zero-order chi connectivity index (χ0) is 13.3. The Labute approximate surface area is 102 Å². The molecule has 0 spiro atoms. The molecule has 18 heavy (non-hydrogen) atoms. The number of morpholine rings is 1. The lowest BCUT2D eigenvalue weighted by Gasteiger charge is -2.26. The van der Waals surface area contributed by atoms with Crippen molar-refractivity contribution in [2.45, 2.75) is 4.90 Å². The molecule has 0 aliphatic carbocycles. The molecule has 0 N–H and O–H groups in total. The van der Waals surface area contributed by atoms with Crippen LogP contribution in [0.1, 0.15) is 0 Å². The van der Waals surface area contributed by atoms with E-state index in [1.165, 1.54) is 0 Å². The number of hydrogen-bond acceptors (Lipinski definition) is 3. The van der Waals surface area contributed by atoms with Crippen LogP contribution in [0.5, 0.6) is 0 Å². The number of rotatable bonds is 2. The van der Waals surface area contributed by atoms with E-state index in [-0.39, 0.29) is 26.3 Å². The van der Waals surface area contributed by atoms with Crippen LogP contribution < -0.4 is 0 Å². The zero-order valence-electron chi connectivity index (χ0n) is 9.20. The van der Waals surface area contributed by atoms with Crippen LogP contribution >= 0.6 is 0 Å². The highest BCUT2D eigenvalue weighted by atomic mass is 32.2. The first-order chi connectivity index (χ1) is 8.44. The van der Waals surface area contributed by atoms with E-state index in [1.54, 1.807) is 0 Å². The van der Waals surface area contributed by atoms with E-state index < -0.39 is 32.4 Å². The lowest BCUT2D eigenvalue weighted by atomic mass is 10.3. The van der Waals surface area contributed by atoms with Gasteiger partial charge in [0.05, 0.1) is 13.2 Å². The predicted molar refractivity (Wildman–Crippen MR) is 55.9 cm³/mol. The number of ether oxygens (including phenoxy) is 1. The molecule has 100 valence electrons. The Balaban J connectivity index is 2.50. The molecule has 1 fully saturated rings. The molecule has 1 heterocycles. The summed E-state index contributed by atoms with van der Waals surface area (Å²) in [7, 11) is -4.38. The predicted octanol–water partition coefficient (Wildman–Crippen LogP) is 1.12. The van der Waals surface area contributed by atoms with Gasteiger partial charge in [-0.3, -0.25) is 0 Å². The van der Waals surface area contributed by atoms with E-state index in [1.807, 2.05) is 0 Å². The molecule has 8 heteroatoms. The van der Waals surface area contributed by atoms with Gasteiger partial charge in [0.2, 0.25) is 10.0 Å². The Hall–Kier alpha value is -1.12. The van der Waals surface area contributed by atoms with E-state index >= 15 is 0 Å². The molecule has 0 saturated carbocycles. The summed E-state index contributed by atoms with van der Waals surface area (Å²) < 4.78 is 69.7. The number of hydrogen-bond donors (Lipinski definition) is 0. The highest BCUT2D eigenvalue weighted by molar-refractivity contribution is 7.89. The summed E-state index contributed by atoms with van der Waals surface area (Å²) in [6, 6.07) is 1.13. The van der Waals surface area contributed by atoms with Gasteiger partial charge in [-0.05, 0) is 12.1 Å². The number of halogens is 3. The normalized spacial score (nSPS) is 17.9. The molecule has 0 radical (unpaired) electrons. The minimum Gasteiger partial charge on any atom is -0.379 e. The van der Waals surface area contributed by atoms with E-state index in [9.17, 15) is 21.6 Å². The summed E-state index contributed by atoms with van der Waals surface area (Å²) in [5, 5.41) is 0. The fourth-order valence-electron chi connectivity index (χ4n) is 1.66. The second-order valence-electron chi connectivity index (χ2n) is 3.69. The third-order valence-electron chi connectivity index (χ3n) is 2.57. The van der Waals surface area contributed by atoms with Crippen molar-refractivity contribution in [3.05, 3.63) is 29.6 Å². The molecule has 1 aromatic rings. The largest absolute Gasteiger partial charge is 0.379 e. The lowest BCUT2D eigenvalue weighted by Crippen LogP contribution is -2.41. The van der Waals surface area contributed by atoms with Crippen LogP contribution in [0.3, 0.4) is 0 Å². The summed E-state index contributed by atoms with van der Waals surface area (Å²) in [6.45, 7) is 0.241. The smallest absolute Gasteiger partial charge is 0.249 e. The highest BCUT2D eigenvalue weighted by Crippen LogP contribution is 2.24. The van der Waals surface area contributed by atoms with Gasteiger partial charge in [0, 0.05) is 13.1 Å². The molecule has 0 aromatic heterocycles. The molecule has 1 aromatic carbocycles. The van der Waals surface area contributed by atoms with Crippen molar-refractivity contribution in [1.82, 2.24) is 4.31 Å². The zero-order valence-corrected chi connectivity index (χ0v) is 10.0. The van der Waals surface area contributed by atoms with Crippen molar-refractivity contribution in [2.75, 3.05) is 26.3 Å². The highest BCUT2D eigenvalue weighted by Gasteiger charge is 2.33. The van der Waals surface area contributed by atoms with Crippen LogP contribution in [-0.4, -0.2) is 39.0 Å². The van der Waals surface area contributed by atoms with Gasteiger partial charge in [-0.25, -0.2) is 21.6 Å². The summed E-state index contributed by atoms with van der Waals surface area (Å²) in [4.78, 5) is -1.25. The van der Waals surface area contributed by atoms with Crippen LogP contribution in [0.15, 0.2) is 17.0 Å². The Bertz CT molecular complexity index is 556. The number of benzene rings is 1. The second kappa shape index (κ2) is 4.87. The summed E-state index contributed by atoms with van der Waals surface area (Å²) in [5.41, 5.74) is 0. The van der Waals surface area contributed by atoms with E-state index in [4.69, 9.17) is 4.74 Å². The summed E-state index contributed by atoms with van der Waals surface area (Å²) in [5.74, 6) is -4.40. The molecule has 0 unspecified atom stereocenters.